The van der Waals surface area contributed by atoms with Gasteiger partial charge in [0.1, 0.15) is 12.4 Å². The molecule has 1 aliphatic rings. The average Bonchev–Trinajstić information content (AvgIpc) is 2.76. The number of para-hydroxylation sites is 1. The first-order chi connectivity index (χ1) is 14.5. The zero-order chi connectivity index (χ0) is 21.1. The summed E-state index contributed by atoms with van der Waals surface area (Å²) in [7, 11) is 0. The molecule has 1 saturated heterocycles. The molecule has 30 heavy (non-hydrogen) atoms. The SMILES string of the molecule is CCc1ccc(NC(=O)Cn2c(=O)nc(N3CCC[C@H](C)C3)c3ccccc32)cc1. The Morgan fingerprint density at radius 1 is 1.17 bits per heavy atom. The molecule has 6 nitrogen and oxygen atoms in total. The van der Waals surface area contributed by atoms with Crippen LogP contribution in [-0.4, -0.2) is 28.5 Å². The second-order valence-corrected chi connectivity index (χ2v) is 8.11. The Kier molecular flexibility index (Phi) is 5.84. The number of anilines is 2. The monoisotopic (exact) mass is 404 g/mol. The molecule has 2 aromatic carbocycles. The van der Waals surface area contributed by atoms with Crippen molar-refractivity contribution < 1.29 is 4.79 Å². The van der Waals surface area contributed by atoms with Gasteiger partial charge in [-0.05, 0) is 55.0 Å². The molecule has 0 spiro atoms. The maximum absolute atomic E-state index is 12.9. The Bertz CT molecular complexity index is 1100. The molecule has 3 aromatic rings. The van der Waals surface area contributed by atoms with Crippen LogP contribution in [-0.2, 0) is 17.8 Å². The van der Waals surface area contributed by atoms with Crippen molar-refractivity contribution in [2.24, 2.45) is 5.92 Å². The van der Waals surface area contributed by atoms with Gasteiger partial charge >= 0.3 is 5.69 Å². The third-order valence-electron chi connectivity index (χ3n) is 5.77. The molecular formula is C24H28N4O2. The summed E-state index contributed by atoms with van der Waals surface area (Å²) in [6.07, 6.45) is 3.24. The van der Waals surface area contributed by atoms with Crippen LogP contribution in [0.1, 0.15) is 32.3 Å². The van der Waals surface area contributed by atoms with Crippen molar-refractivity contribution >= 4 is 28.3 Å². The molecule has 2 heterocycles. The van der Waals surface area contributed by atoms with Crippen molar-refractivity contribution in [2.75, 3.05) is 23.3 Å². The van der Waals surface area contributed by atoms with E-state index in [1.165, 1.54) is 16.6 Å². The second-order valence-electron chi connectivity index (χ2n) is 8.11. The van der Waals surface area contributed by atoms with Crippen LogP contribution in [0.4, 0.5) is 11.5 Å². The molecule has 0 unspecified atom stereocenters. The summed E-state index contributed by atoms with van der Waals surface area (Å²) in [6.45, 7) is 6.05. The van der Waals surface area contributed by atoms with Gasteiger partial charge in [0.05, 0.1) is 5.52 Å². The maximum atomic E-state index is 12.9. The van der Waals surface area contributed by atoms with E-state index in [1.807, 2.05) is 48.5 Å². The molecular weight excluding hydrogens is 376 g/mol. The van der Waals surface area contributed by atoms with Crippen molar-refractivity contribution in [3.05, 3.63) is 64.6 Å². The fraction of sp³-hybridized carbons (Fsp3) is 0.375. The number of piperidine rings is 1. The summed E-state index contributed by atoms with van der Waals surface area (Å²) >= 11 is 0. The van der Waals surface area contributed by atoms with Gasteiger partial charge in [-0.1, -0.05) is 38.1 Å². The van der Waals surface area contributed by atoms with Crippen LogP contribution in [0.25, 0.3) is 10.9 Å². The molecule has 1 amide bonds. The maximum Gasteiger partial charge on any atom is 0.350 e. The van der Waals surface area contributed by atoms with E-state index >= 15 is 0 Å². The highest BCUT2D eigenvalue weighted by atomic mass is 16.2. The standard InChI is InChI=1S/C24H28N4O2/c1-3-18-10-12-19(13-11-18)25-22(29)16-28-21-9-5-4-8-20(21)23(26-24(28)30)27-14-6-7-17(2)15-27/h4-5,8-13,17H,3,6-7,14-16H2,1-2H3,(H,25,29)/t17-/m0/s1. The highest BCUT2D eigenvalue weighted by Gasteiger charge is 2.21. The molecule has 0 saturated carbocycles. The number of aryl methyl sites for hydroxylation is 1. The Hall–Kier alpha value is -3.15. The van der Waals surface area contributed by atoms with Crippen molar-refractivity contribution in [1.82, 2.24) is 9.55 Å². The molecule has 0 bridgehead atoms. The fourth-order valence-corrected chi connectivity index (χ4v) is 4.16. The van der Waals surface area contributed by atoms with Gasteiger partial charge in [0.25, 0.3) is 0 Å². The van der Waals surface area contributed by atoms with Crippen LogP contribution in [0.3, 0.4) is 0 Å². The molecule has 1 atom stereocenters. The third-order valence-corrected chi connectivity index (χ3v) is 5.77. The summed E-state index contributed by atoms with van der Waals surface area (Å²) < 4.78 is 1.46. The van der Waals surface area contributed by atoms with E-state index in [0.717, 1.165) is 48.3 Å². The molecule has 0 radical (unpaired) electrons. The molecule has 4 rings (SSSR count). The van der Waals surface area contributed by atoms with Gasteiger partial charge in [0.2, 0.25) is 5.91 Å². The van der Waals surface area contributed by atoms with Crippen LogP contribution in [0, 0.1) is 5.92 Å². The topological polar surface area (TPSA) is 67.2 Å². The van der Waals surface area contributed by atoms with E-state index in [4.69, 9.17) is 0 Å². The first kappa shape index (κ1) is 20.1. The molecule has 1 aliphatic heterocycles. The largest absolute Gasteiger partial charge is 0.356 e. The number of aromatic nitrogens is 2. The van der Waals surface area contributed by atoms with Crippen molar-refractivity contribution in [1.29, 1.82) is 0 Å². The number of nitrogens with one attached hydrogen (secondary N) is 1. The quantitative estimate of drug-likeness (QED) is 0.702. The highest BCUT2D eigenvalue weighted by Crippen LogP contribution is 2.27. The third kappa shape index (κ3) is 4.22. The Morgan fingerprint density at radius 3 is 2.67 bits per heavy atom. The first-order valence-corrected chi connectivity index (χ1v) is 10.7. The summed E-state index contributed by atoms with van der Waals surface area (Å²) in [5.74, 6) is 1.06. The highest BCUT2D eigenvalue weighted by molar-refractivity contribution is 5.93. The lowest BCUT2D eigenvalue weighted by atomic mass is 10.00. The number of carbonyl (C=O) groups excluding carboxylic acids is 1. The van der Waals surface area contributed by atoms with Crippen molar-refractivity contribution in [3.8, 4) is 0 Å². The van der Waals surface area contributed by atoms with E-state index < -0.39 is 5.69 Å². The minimum atomic E-state index is -0.390. The van der Waals surface area contributed by atoms with Crippen molar-refractivity contribution in [3.63, 3.8) is 0 Å². The minimum absolute atomic E-state index is 0.0709. The van der Waals surface area contributed by atoms with E-state index in [0.29, 0.717) is 5.92 Å². The Balaban J connectivity index is 1.62. The lowest BCUT2D eigenvalue weighted by Crippen LogP contribution is -2.38. The van der Waals surface area contributed by atoms with Crippen LogP contribution in [0.2, 0.25) is 0 Å². The normalized spacial score (nSPS) is 16.6. The molecule has 1 aromatic heterocycles. The van der Waals surface area contributed by atoms with E-state index in [1.54, 1.807) is 0 Å². The lowest BCUT2D eigenvalue weighted by Gasteiger charge is -2.32. The molecule has 1 fully saturated rings. The van der Waals surface area contributed by atoms with E-state index in [2.05, 4.69) is 29.0 Å². The van der Waals surface area contributed by atoms with Gasteiger partial charge in [-0.25, -0.2) is 4.79 Å². The zero-order valence-electron chi connectivity index (χ0n) is 17.6. The summed E-state index contributed by atoms with van der Waals surface area (Å²) in [5, 5.41) is 3.79. The zero-order valence-corrected chi connectivity index (χ0v) is 17.6. The fourth-order valence-electron chi connectivity index (χ4n) is 4.16. The number of nitrogens with zero attached hydrogens (tertiary/aromatic N) is 3. The minimum Gasteiger partial charge on any atom is -0.356 e. The number of rotatable bonds is 5. The number of hydrogen-bond donors (Lipinski definition) is 1. The lowest BCUT2D eigenvalue weighted by molar-refractivity contribution is -0.116. The smallest absolute Gasteiger partial charge is 0.350 e. The molecule has 1 N–H and O–H groups in total. The predicted octanol–water partition coefficient (Wildman–Crippen LogP) is 3.83. The summed E-state index contributed by atoms with van der Waals surface area (Å²) in [4.78, 5) is 32.1. The van der Waals surface area contributed by atoms with Gasteiger partial charge in [-0.3, -0.25) is 9.36 Å². The van der Waals surface area contributed by atoms with Crippen molar-refractivity contribution in [2.45, 2.75) is 39.7 Å². The molecule has 0 aliphatic carbocycles. The van der Waals surface area contributed by atoms with Gasteiger partial charge in [0.15, 0.2) is 0 Å². The molecule has 156 valence electrons. The Morgan fingerprint density at radius 2 is 1.93 bits per heavy atom. The first-order valence-electron chi connectivity index (χ1n) is 10.7. The van der Waals surface area contributed by atoms with Gasteiger partial charge in [-0.15, -0.1) is 0 Å². The van der Waals surface area contributed by atoms with Crippen LogP contribution in [0.15, 0.2) is 53.3 Å². The van der Waals surface area contributed by atoms with E-state index in [9.17, 15) is 9.59 Å². The number of benzene rings is 2. The van der Waals surface area contributed by atoms with Crippen LogP contribution in [0.5, 0.6) is 0 Å². The number of carbonyl (C=O) groups is 1. The summed E-state index contributed by atoms with van der Waals surface area (Å²) in [5.41, 5.74) is 2.28. The van der Waals surface area contributed by atoms with Gasteiger partial charge in [0, 0.05) is 24.2 Å². The molecule has 6 heteroatoms. The second kappa shape index (κ2) is 8.69. The number of hydrogen-bond acceptors (Lipinski definition) is 4. The summed E-state index contributed by atoms with van der Waals surface area (Å²) in [6, 6.07) is 15.5. The van der Waals surface area contributed by atoms with Crippen LogP contribution < -0.4 is 15.9 Å². The average molecular weight is 405 g/mol. The van der Waals surface area contributed by atoms with Gasteiger partial charge < -0.3 is 10.2 Å². The van der Waals surface area contributed by atoms with Gasteiger partial charge in [-0.2, -0.15) is 4.98 Å². The predicted molar refractivity (Wildman–Crippen MR) is 121 cm³/mol. The number of amides is 1. The Labute approximate surface area is 176 Å². The van der Waals surface area contributed by atoms with Crippen LogP contribution >= 0.6 is 0 Å². The number of fused-ring (bicyclic) bond motifs is 1. The van der Waals surface area contributed by atoms with E-state index in [-0.39, 0.29) is 12.5 Å².